The van der Waals surface area contributed by atoms with E-state index in [1.807, 2.05) is 30.3 Å². The number of rotatable bonds is 5. The maximum atomic E-state index is 12.8. The lowest BCUT2D eigenvalue weighted by molar-refractivity contribution is -0.121. The van der Waals surface area contributed by atoms with Crippen LogP contribution in [0.3, 0.4) is 0 Å². The fourth-order valence-electron chi connectivity index (χ4n) is 1.95. The van der Waals surface area contributed by atoms with E-state index in [-0.39, 0.29) is 24.8 Å². The van der Waals surface area contributed by atoms with E-state index in [1.54, 1.807) is 12.1 Å². The topological polar surface area (TPSA) is 49.3 Å². The minimum absolute atomic E-state index is 0.156. The van der Waals surface area contributed by atoms with Gasteiger partial charge in [-0.15, -0.1) is 0 Å². The molecule has 0 saturated heterocycles. The molecule has 0 saturated carbocycles. The average Bonchev–Trinajstić information content (AvgIpc) is 2.48. The summed E-state index contributed by atoms with van der Waals surface area (Å²) >= 11 is 0. The van der Waals surface area contributed by atoms with E-state index in [0.717, 1.165) is 11.1 Å². The molecule has 0 aliphatic carbocycles. The lowest BCUT2D eigenvalue weighted by Crippen LogP contribution is -2.31. The first kappa shape index (κ1) is 14.2. The molecule has 0 aromatic heterocycles. The lowest BCUT2D eigenvalue weighted by atomic mass is 10.1. The number of nitrogens with one attached hydrogen (secondary N) is 1. The second kappa shape index (κ2) is 6.82. The Morgan fingerprint density at radius 2 is 1.75 bits per heavy atom. The summed E-state index contributed by atoms with van der Waals surface area (Å²) in [6.45, 7) is -0.167. The zero-order valence-electron chi connectivity index (χ0n) is 10.9. The molecule has 2 aromatic carbocycles. The van der Waals surface area contributed by atoms with Gasteiger partial charge in [0.1, 0.15) is 5.82 Å². The van der Waals surface area contributed by atoms with Crippen LogP contribution in [0.5, 0.6) is 0 Å². The molecule has 2 N–H and O–H groups in total. The van der Waals surface area contributed by atoms with E-state index in [4.69, 9.17) is 0 Å². The van der Waals surface area contributed by atoms with E-state index in [2.05, 4.69) is 5.32 Å². The molecule has 0 aliphatic rings. The van der Waals surface area contributed by atoms with Crippen molar-refractivity contribution in [2.75, 3.05) is 6.61 Å². The van der Waals surface area contributed by atoms with Crippen molar-refractivity contribution in [1.82, 2.24) is 5.32 Å². The van der Waals surface area contributed by atoms with Crippen molar-refractivity contribution in [3.63, 3.8) is 0 Å². The van der Waals surface area contributed by atoms with Crippen LogP contribution in [0.1, 0.15) is 17.2 Å². The molecule has 0 heterocycles. The Balaban J connectivity index is 1.97. The number of amides is 1. The number of hydrogen-bond donors (Lipinski definition) is 2. The zero-order valence-corrected chi connectivity index (χ0v) is 10.9. The molecule has 0 unspecified atom stereocenters. The average molecular weight is 273 g/mol. The summed E-state index contributed by atoms with van der Waals surface area (Å²) in [6.07, 6.45) is 0.156. The first-order valence-corrected chi connectivity index (χ1v) is 6.38. The monoisotopic (exact) mass is 273 g/mol. The maximum absolute atomic E-state index is 12.8. The van der Waals surface area contributed by atoms with Crippen LogP contribution >= 0.6 is 0 Å². The highest BCUT2D eigenvalue weighted by Gasteiger charge is 2.13. The van der Waals surface area contributed by atoms with Crippen LogP contribution in [0.4, 0.5) is 4.39 Å². The first-order valence-electron chi connectivity index (χ1n) is 6.38. The molecule has 1 amide bonds. The number of carbonyl (C=O) groups is 1. The number of carbonyl (C=O) groups excluding carboxylic acids is 1. The van der Waals surface area contributed by atoms with E-state index in [1.165, 1.54) is 12.1 Å². The third kappa shape index (κ3) is 3.90. The minimum atomic E-state index is -0.427. The van der Waals surface area contributed by atoms with Gasteiger partial charge in [-0.25, -0.2) is 4.39 Å². The van der Waals surface area contributed by atoms with Gasteiger partial charge in [0, 0.05) is 0 Å². The van der Waals surface area contributed by atoms with Gasteiger partial charge in [0.25, 0.3) is 0 Å². The van der Waals surface area contributed by atoms with E-state index >= 15 is 0 Å². The number of aliphatic hydroxyl groups excluding tert-OH is 1. The molecule has 2 aromatic rings. The Kier molecular flexibility index (Phi) is 4.85. The normalized spacial score (nSPS) is 11.9. The quantitative estimate of drug-likeness (QED) is 0.877. The van der Waals surface area contributed by atoms with Crippen LogP contribution in [0.25, 0.3) is 0 Å². The molecule has 0 bridgehead atoms. The van der Waals surface area contributed by atoms with Crippen molar-refractivity contribution in [1.29, 1.82) is 0 Å². The van der Waals surface area contributed by atoms with Gasteiger partial charge in [0.05, 0.1) is 19.1 Å². The predicted molar refractivity (Wildman–Crippen MR) is 74.5 cm³/mol. The molecule has 4 heteroatoms. The molecular formula is C16H16FNO2. The second-order valence-electron chi connectivity index (χ2n) is 4.52. The van der Waals surface area contributed by atoms with Crippen molar-refractivity contribution in [2.24, 2.45) is 0 Å². The second-order valence-corrected chi connectivity index (χ2v) is 4.52. The summed E-state index contributed by atoms with van der Waals surface area (Å²) in [5.41, 5.74) is 1.58. The molecule has 0 radical (unpaired) electrons. The lowest BCUT2D eigenvalue weighted by Gasteiger charge is -2.16. The first-order chi connectivity index (χ1) is 9.69. The summed E-state index contributed by atoms with van der Waals surface area (Å²) in [5.74, 6) is -0.536. The fraction of sp³-hybridized carbons (Fsp3) is 0.188. The van der Waals surface area contributed by atoms with Gasteiger partial charge in [0.2, 0.25) is 5.91 Å². The Labute approximate surface area is 117 Å². The van der Waals surface area contributed by atoms with Crippen molar-refractivity contribution in [3.8, 4) is 0 Å². The van der Waals surface area contributed by atoms with Gasteiger partial charge in [-0.1, -0.05) is 42.5 Å². The summed E-state index contributed by atoms with van der Waals surface area (Å²) in [7, 11) is 0. The molecule has 20 heavy (non-hydrogen) atoms. The van der Waals surface area contributed by atoms with Crippen LogP contribution < -0.4 is 5.32 Å². The van der Waals surface area contributed by atoms with Gasteiger partial charge in [-0.2, -0.15) is 0 Å². The standard InChI is InChI=1S/C16H16FNO2/c17-14-8-6-12(7-9-14)10-16(20)18-15(11-19)13-4-2-1-3-5-13/h1-9,15,19H,10-11H2,(H,18,20)/t15-/m1/s1. The number of hydrogen-bond acceptors (Lipinski definition) is 2. The van der Waals surface area contributed by atoms with Gasteiger partial charge >= 0.3 is 0 Å². The smallest absolute Gasteiger partial charge is 0.224 e. The fourth-order valence-corrected chi connectivity index (χ4v) is 1.95. The number of aliphatic hydroxyl groups is 1. The van der Waals surface area contributed by atoms with Crippen molar-refractivity contribution >= 4 is 5.91 Å². The molecule has 104 valence electrons. The van der Waals surface area contributed by atoms with Crippen LogP contribution in [0.15, 0.2) is 54.6 Å². The van der Waals surface area contributed by atoms with Gasteiger partial charge < -0.3 is 10.4 Å². The van der Waals surface area contributed by atoms with Gasteiger partial charge in [-0.05, 0) is 23.3 Å². The third-order valence-electron chi connectivity index (χ3n) is 3.00. The Morgan fingerprint density at radius 1 is 1.10 bits per heavy atom. The summed E-state index contributed by atoms with van der Waals surface area (Å²) < 4.78 is 12.8. The summed E-state index contributed by atoms with van der Waals surface area (Å²) in [5, 5.41) is 12.1. The summed E-state index contributed by atoms with van der Waals surface area (Å²) in [6, 6.07) is 14.6. The SMILES string of the molecule is O=C(Cc1ccc(F)cc1)N[C@H](CO)c1ccccc1. The summed E-state index contributed by atoms with van der Waals surface area (Å²) in [4.78, 5) is 11.9. The molecule has 1 atom stereocenters. The molecular weight excluding hydrogens is 257 g/mol. The van der Waals surface area contributed by atoms with E-state index in [9.17, 15) is 14.3 Å². The molecule has 0 fully saturated rings. The van der Waals surface area contributed by atoms with Crippen molar-refractivity contribution in [3.05, 3.63) is 71.5 Å². The predicted octanol–water partition coefficient (Wildman–Crippen LogP) is 2.22. The number of halogens is 1. The maximum Gasteiger partial charge on any atom is 0.224 e. The third-order valence-corrected chi connectivity index (χ3v) is 3.00. The highest BCUT2D eigenvalue weighted by Crippen LogP contribution is 2.12. The van der Waals surface area contributed by atoms with E-state index < -0.39 is 6.04 Å². The number of benzene rings is 2. The molecule has 0 spiro atoms. The Bertz CT molecular complexity index is 554. The highest BCUT2D eigenvalue weighted by molar-refractivity contribution is 5.79. The molecule has 0 aliphatic heterocycles. The van der Waals surface area contributed by atoms with Gasteiger partial charge in [0.15, 0.2) is 0 Å². The van der Waals surface area contributed by atoms with Crippen molar-refractivity contribution < 1.29 is 14.3 Å². The Hall–Kier alpha value is -2.20. The highest BCUT2D eigenvalue weighted by atomic mass is 19.1. The largest absolute Gasteiger partial charge is 0.394 e. The van der Waals surface area contributed by atoms with Crippen LogP contribution in [0.2, 0.25) is 0 Å². The van der Waals surface area contributed by atoms with Crippen LogP contribution in [-0.2, 0) is 11.2 Å². The van der Waals surface area contributed by atoms with Crippen LogP contribution in [0, 0.1) is 5.82 Å². The zero-order chi connectivity index (χ0) is 14.4. The Morgan fingerprint density at radius 3 is 2.35 bits per heavy atom. The minimum Gasteiger partial charge on any atom is -0.394 e. The van der Waals surface area contributed by atoms with Crippen molar-refractivity contribution in [2.45, 2.75) is 12.5 Å². The van der Waals surface area contributed by atoms with Gasteiger partial charge in [-0.3, -0.25) is 4.79 Å². The molecule has 3 nitrogen and oxygen atoms in total. The van der Waals surface area contributed by atoms with E-state index in [0.29, 0.717) is 0 Å². The van der Waals surface area contributed by atoms with Crippen LogP contribution in [-0.4, -0.2) is 17.6 Å². The molecule has 2 rings (SSSR count).